The highest BCUT2D eigenvalue weighted by atomic mass is 32.2. The summed E-state index contributed by atoms with van der Waals surface area (Å²) >= 11 is 0. The zero-order chi connectivity index (χ0) is 16.2. The summed E-state index contributed by atoms with van der Waals surface area (Å²) in [7, 11) is -1.97. The maximum absolute atomic E-state index is 14.0. The average Bonchev–Trinajstić information content (AvgIpc) is 3.33. The molecule has 2 aliphatic rings. The van der Waals surface area contributed by atoms with Gasteiger partial charge >= 0.3 is 10.2 Å². The Hall–Kier alpha value is -2.08. The topological polar surface area (TPSA) is 40.6 Å². The van der Waals surface area contributed by atoms with Crippen molar-refractivity contribution in [2.45, 2.75) is 12.8 Å². The van der Waals surface area contributed by atoms with Crippen LogP contribution in [-0.4, -0.2) is 22.0 Å². The third-order valence-electron chi connectivity index (χ3n) is 4.51. The third-order valence-corrected chi connectivity index (χ3v) is 6.31. The van der Waals surface area contributed by atoms with Gasteiger partial charge in [0.2, 0.25) is 0 Å². The van der Waals surface area contributed by atoms with Crippen molar-refractivity contribution in [3.8, 4) is 11.1 Å². The number of nitrogens with zero attached hydrogens (tertiary/aromatic N) is 2. The first-order valence-corrected chi connectivity index (χ1v) is 9.04. The molecule has 4 nitrogen and oxygen atoms in total. The molecular weight excluding hydrogens is 315 g/mol. The molecule has 23 heavy (non-hydrogen) atoms. The molecule has 1 saturated carbocycles. The van der Waals surface area contributed by atoms with Crippen LogP contribution in [0.1, 0.15) is 12.8 Å². The summed E-state index contributed by atoms with van der Waals surface area (Å²) < 4.78 is 42.0. The Kier molecular flexibility index (Phi) is 3.13. The Morgan fingerprint density at radius 2 is 1.87 bits per heavy atom. The Labute approximate surface area is 135 Å². The van der Waals surface area contributed by atoms with Gasteiger partial charge in [0.1, 0.15) is 5.82 Å². The van der Waals surface area contributed by atoms with E-state index in [-0.39, 0.29) is 5.82 Å². The van der Waals surface area contributed by atoms with Crippen LogP contribution in [0, 0.1) is 11.7 Å². The van der Waals surface area contributed by atoms with Crippen molar-refractivity contribution in [3.05, 3.63) is 48.3 Å². The number of halogens is 1. The Morgan fingerprint density at radius 3 is 2.57 bits per heavy atom. The van der Waals surface area contributed by atoms with Crippen molar-refractivity contribution < 1.29 is 12.8 Å². The minimum atomic E-state index is -3.52. The number of hydrogen-bond acceptors (Lipinski definition) is 2. The first kappa shape index (κ1) is 14.5. The number of anilines is 2. The highest BCUT2D eigenvalue weighted by molar-refractivity contribution is 7.94. The van der Waals surface area contributed by atoms with Crippen LogP contribution < -0.4 is 8.61 Å². The number of hydrogen-bond donors (Lipinski definition) is 0. The standard InChI is InChI=1S/C17H17FN2O2S/c1-19-17-10-13(14-4-2-3-5-15(14)18)8-9-16(17)20(23(19,21)22)11-12-6-7-12/h2-5,8-10,12H,6-7,11H2,1H3. The van der Waals surface area contributed by atoms with Gasteiger partial charge in [-0.3, -0.25) is 8.61 Å². The highest BCUT2D eigenvalue weighted by Crippen LogP contribution is 2.44. The van der Waals surface area contributed by atoms with Crippen molar-refractivity contribution in [2.75, 3.05) is 22.2 Å². The van der Waals surface area contributed by atoms with E-state index in [0.29, 0.717) is 35.0 Å². The van der Waals surface area contributed by atoms with Crippen molar-refractivity contribution in [1.82, 2.24) is 0 Å². The molecule has 0 aromatic heterocycles. The minimum absolute atomic E-state index is 0.314. The second-order valence-electron chi connectivity index (χ2n) is 6.13. The van der Waals surface area contributed by atoms with Crippen LogP contribution in [0.4, 0.5) is 15.8 Å². The lowest BCUT2D eigenvalue weighted by Crippen LogP contribution is -2.36. The molecule has 0 atom stereocenters. The van der Waals surface area contributed by atoms with E-state index >= 15 is 0 Å². The van der Waals surface area contributed by atoms with Crippen LogP contribution in [0.3, 0.4) is 0 Å². The van der Waals surface area contributed by atoms with Crippen LogP contribution in [0.5, 0.6) is 0 Å². The lowest BCUT2D eigenvalue weighted by Gasteiger charge is -2.18. The van der Waals surface area contributed by atoms with Crippen LogP contribution in [0.15, 0.2) is 42.5 Å². The van der Waals surface area contributed by atoms with E-state index in [1.165, 1.54) is 14.7 Å². The van der Waals surface area contributed by atoms with Gasteiger partial charge in [0.05, 0.1) is 11.4 Å². The summed E-state index contributed by atoms with van der Waals surface area (Å²) in [5.41, 5.74) is 2.44. The molecule has 120 valence electrons. The third kappa shape index (κ3) is 2.28. The molecule has 0 amide bonds. The molecule has 0 spiro atoms. The number of fused-ring (bicyclic) bond motifs is 1. The molecule has 1 aliphatic carbocycles. The average molecular weight is 332 g/mol. The van der Waals surface area contributed by atoms with Gasteiger partial charge in [0, 0.05) is 19.2 Å². The molecule has 2 aromatic carbocycles. The van der Waals surface area contributed by atoms with E-state index in [1.807, 2.05) is 0 Å². The van der Waals surface area contributed by atoms with Crippen molar-refractivity contribution in [3.63, 3.8) is 0 Å². The lowest BCUT2D eigenvalue weighted by atomic mass is 10.0. The largest absolute Gasteiger partial charge is 0.326 e. The molecule has 0 radical (unpaired) electrons. The van der Waals surface area contributed by atoms with Gasteiger partial charge in [-0.1, -0.05) is 24.3 Å². The lowest BCUT2D eigenvalue weighted by molar-refractivity contribution is 0.590. The second-order valence-corrected chi connectivity index (χ2v) is 8.02. The molecular formula is C17H17FN2O2S. The molecule has 4 rings (SSSR count). The fraction of sp³-hybridized carbons (Fsp3) is 0.294. The molecule has 0 unspecified atom stereocenters. The van der Waals surface area contributed by atoms with E-state index < -0.39 is 10.2 Å². The minimum Gasteiger partial charge on any atom is -0.254 e. The van der Waals surface area contributed by atoms with Gasteiger partial charge in [-0.15, -0.1) is 0 Å². The molecule has 6 heteroatoms. The van der Waals surface area contributed by atoms with Crippen LogP contribution >= 0.6 is 0 Å². The summed E-state index contributed by atoms with van der Waals surface area (Å²) in [6, 6.07) is 11.8. The maximum Gasteiger partial charge on any atom is 0.326 e. The van der Waals surface area contributed by atoms with Crippen molar-refractivity contribution in [1.29, 1.82) is 0 Å². The van der Waals surface area contributed by atoms with E-state index in [4.69, 9.17) is 0 Å². The maximum atomic E-state index is 14.0. The number of rotatable bonds is 3. The normalized spacial score (nSPS) is 19.0. The molecule has 1 aliphatic heterocycles. The SMILES string of the molecule is CN1c2cc(-c3ccccc3F)ccc2N(CC2CC2)S1(=O)=O. The fourth-order valence-electron chi connectivity index (χ4n) is 2.97. The first-order valence-electron chi connectivity index (χ1n) is 7.64. The number of benzene rings is 2. The second kappa shape index (κ2) is 4.96. The van der Waals surface area contributed by atoms with Gasteiger partial charge in [0.15, 0.2) is 0 Å². The first-order chi connectivity index (χ1) is 11.0. The summed E-state index contributed by atoms with van der Waals surface area (Å²) in [5, 5.41) is 0. The van der Waals surface area contributed by atoms with Crippen LogP contribution in [0.25, 0.3) is 11.1 Å². The smallest absolute Gasteiger partial charge is 0.254 e. The monoisotopic (exact) mass is 332 g/mol. The molecule has 0 N–H and O–H groups in total. The van der Waals surface area contributed by atoms with Gasteiger partial charge in [0.25, 0.3) is 0 Å². The van der Waals surface area contributed by atoms with Crippen molar-refractivity contribution in [2.24, 2.45) is 5.92 Å². The zero-order valence-electron chi connectivity index (χ0n) is 12.7. The summed E-state index contributed by atoms with van der Waals surface area (Å²) in [5.74, 6) is 0.140. The van der Waals surface area contributed by atoms with Gasteiger partial charge < -0.3 is 0 Å². The van der Waals surface area contributed by atoms with Crippen LogP contribution in [0.2, 0.25) is 0 Å². The molecule has 1 heterocycles. The highest BCUT2D eigenvalue weighted by Gasteiger charge is 2.40. The van der Waals surface area contributed by atoms with E-state index in [0.717, 1.165) is 12.8 Å². The predicted molar refractivity (Wildman–Crippen MR) is 89.2 cm³/mol. The van der Waals surface area contributed by atoms with E-state index in [9.17, 15) is 12.8 Å². The molecule has 0 saturated heterocycles. The summed E-state index contributed by atoms with van der Waals surface area (Å²) in [6.07, 6.45) is 2.16. The van der Waals surface area contributed by atoms with E-state index in [2.05, 4.69) is 0 Å². The summed E-state index contributed by atoms with van der Waals surface area (Å²) in [6.45, 7) is 0.527. The quantitative estimate of drug-likeness (QED) is 0.864. The van der Waals surface area contributed by atoms with Crippen LogP contribution in [-0.2, 0) is 10.2 Å². The Balaban J connectivity index is 1.81. The fourth-order valence-corrected chi connectivity index (χ4v) is 4.47. The predicted octanol–water partition coefficient (Wildman–Crippen LogP) is 3.40. The van der Waals surface area contributed by atoms with Gasteiger partial charge in [-0.05, 0) is 42.5 Å². The Morgan fingerprint density at radius 1 is 1.13 bits per heavy atom. The van der Waals surface area contributed by atoms with Crippen molar-refractivity contribution >= 4 is 21.6 Å². The summed E-state index contributed by atoms with van der Waals surface area (Å²) in [4.78, 5) is 0. The van der Waals surface area contributed by atoms with Gasteiger partial charge in [-0.25, -0.2) is 4.39 Å². The molecule has 1 fully saturated rings. The molecule has 2 aromatic rings. The van der Waals surface area contributed by atoms with E-state index in [1.54, 1.807) is 43.4 Å². The molecule has 0 bridgehead atoms. The Bertz CT molecular complexity index is 878. The zero-order valence-corrected chi connectivity index (χ0v) is 13.6. The van der Waals surface area contributed by atoms with Gasteiger partial charge in [-0.2, -0.15) is 8.42 Å².